The van der Waals surface area contributed by atoms with Gasteiger partial charge >= 0.3 is 5.69 Å². The molecule has 0 bridgehead atoms. The van der Waals surface area contributed by atoms with Gasteiger partial charge in [-0.25, -0.2) is 9.97 Å². The van der Waals surface area contributed by atoms with Crippen LogP contribution in [0.4, 0.5) is 23.0 Å². The summed E-state index contributed by atoms with van der Waals surface area (Å²) in [6.07, 6.45) is 5.58. The van der Waals surface area contributed by atoms with Gasteiger partial charge in [0.25, 0.3) is 0 Å². The molecular weight excluding hydrogens is 330 g/mol. The fourth-order valence-corrected chi connectivity index (χ4v) is 2.52. The number of anilines is 3. The molecule has 0 radical (unpaired) electrons. The standard InChI is InChI=1S/C19H27N5O2/c1-4-5-6-15-7-9-16(10-8-15)23-19-17(24(25)26)18(21-13-22-19)20-12-11-14(2)3/h7-10,13-14H,4-6,11-12H2,1-3H3,(H2,20,21,22,23). The maximum Gasteiger partial charge on any atom is 0.353 e. The molecule has 0 amide bonds. The molecule has 0 saturated heterocycles. The number of aryl methyl sites for hydroxylation is 1. The second-order valence-corrected chi connectivity index (χ2v) is 6.71. The summed E-state index contributed by atoms with van der Waals surface area (Å²) >= 11 is 0. The zero-order chi connectivity index (χ0) is 18.9. The highest BCUT2D eigenvalue weighted by atomic mass is 16.6. The summed E-state index contributed by atoms with van der Waals surface area (Å²) in [7, 11) is 0. The van der Waals surface area contributed by atoms with Crippen molar-refractivity contribution in [3.63, 3.8) is 0 Å². The highest BCUT2D eigenvalue weighted by Crippen LogP contribution is 2.31. The molecule has 0 fully saturated rings. The van der Waals surface area contributed by atoms with Crippen molar-refractivity contribution in [2.45, 2.75) is 46.5 Å². The van der Waals surface area contributed by atoms with E-state index < -0.39 is 4.92 Å². The number of aromatic nitrogens is 2. The number of hydrogen-bond donors (Lipinski definition) is 2. The first-order chi connectivity index (χ1) is 12.5. The molecule has 0 aliphatic carbocycles. The second kappa shape index (κ2) is 9.70. The lowest BCUT2D eigenvalue weighted by Gasteiger charge is -2.11. The fourth-order valence-electron chi connectivity index (χ4n) is 2.52. The lowest BCUT2D eigenvalue weighted by Crippen LogP contribution is -2.10. The predicted octanol–water partition coefficient (Wildman–Crippen LogP) is 4.93. The monoisotopic (exact) mass is 357 g/mol. The molecule has 0 spiro atoms. The Kier molecular flexibility index (Phi) is 7.32. The van der Waals surface area contributed by atoms with Gasteiger partial charge in [0, 0.05) is 12.2 Å². The molecule has 7 heteroatoms. The van der Waals surface area contributed by atoms with Gasteiger partial charge in [-0.1, -0.05) is 39.3 Å². The van der Waals surface area contributed by atoms with Crippen molar-refractivity contribution in [2.24, 2.45) is 5.92 Å². The summed E-state index contributed by atoms with van der Waals surface area (Å²) < 4.78 is 0. The van der Waals surface area contributed by atoms with Crippen molar-refractivity contribution in [3.05, 3.63) is 46.3 Å². The molecule has 140 valence electrons. The van der Waals surface area contributed by atoms with E-state index in [4.69, 9.17) is 0 Å². The van der Waals surface area contributed by atoms with E-state index in [1.807, 2.05) is 24.3 Å². The Balaban J connectivity index is 2.16. The first-order valence-electron chi connectivity index (χ1n) is 9.10. The van der Waals surface area contributed by atoms with E-state index in [1.165, 1.54) is 11.9 Å². The normalized spacial score (nSPS) is 10.8. The molecule has 0 atom stereocenters. The first kappa shape index (κ1) is 19.6. The van der Waals surface area contributed by atoms with Gasteiger partial charge in [-0.2, -0.15) is 0 Å². The molecule has 2 aromatic rings. The largest absolute Gasteiger partial charge is 0.364 e. The molecule has 0 aliphatic heterocycles. The SMILES string of the molecule is CCCCc1ccc(Nc2ncnc(NCCC(C)C)c2[N+](=O)[O-])cc1. The van der Waals surface area contributed by atoms with Gasteiger partial charge < -0.3 is 10.6 Å². The predicted molar refractivity (Wildman–Crippen MR) is 105 cm³/mol. The van der Waals surface area contributed by atoms with Crippen LogP contribution < -0.4 is 10.6 Å². The van der Waals surface area contributed by atoms with E-state index in [1.54, 1.807) is 0 Å². The van der Waals surface area contributed by atoms with Crippen molar-refractivity contribution >= 4 is 23.0 Å². The quantitative estimate of drug-likeness (QED) is 0.462. The summed E-state index contributed by atoms with van der Waals surface area (Å²) in [6.45, 7) is 7.00. The Bertz CT molecular complexity index is 716. The van der Waals surface area contributed by atoms with E-state index >= 15 is 0 Å². The van der Waals surface area contributed by atoms with Gasteiger partial charge in [0.05, 0.1) is 4.92 Å². The Morgan fingerprint density at radius 2 is 1.85 bits per heavy atom. The lowest BCUT2D eigenvalue weighted by molar-refractivity contribution is -0.383. The van der Waals surface area contributed by atoms with E-state index in [2.05, 4.69) is 41.4 Å². The Hall–Kier alpha value is -2.70. The average molecular weight is 357 g/mol. The number of unbranched alkanes of at least 4 members (excludes halogenated alkanes) is 1. The van der Waals surface area contributed by atoms with E-state index in [-0.39, 0.29) is 17.3 Å². The average Bonchev–Trinajstić information content (AvgIpc) is 2.60. The van der Waals surface area contributed by atoms with Crippen molar-refractivity contribution in [1.29, 1.82) is 0 Å². The minimum Gasteiger partial charge on any atom is -0.364 e. The van der Waals surface area contributed by atoms with Crippen LogP contribution in [-0.2, 0) is 6.42 Å². The zero-order valence-corrected chi connectivity index (χ0v) is 15.7. The smallest absolute Gasteiger partial charge is 0.353 e. The van der Waals surface area contributed by atoms with Gasteiger partial charge in [-0.3, -0.25) is 10.1 Å². The molecule has 2 rings (SSSR count). The van der Waals surface area contributed by atoms with E-state index in [9.17, 15) is 10.1 Å². The lowest BCUT2D eigenvalue weighted by atomic mass is 10.1. The summed E-state index contributed by atoms with van der Waals surface area (Å²) in [5.41, 5.74) is 1.89. The maximum atomic E-state index is 11.5. The van der Waals surface area contributed by atoms with Gasteiger partial charge in [-0.15, -0.1) is 0 Å². The van der Waals surface area contributed by atoms with Crippen molar-refractivity contribution in [2.75, 3.05) is 17.2 Å². The van der Waals surface area contributed by atoms with Crippen LogP contribution in [0.2, 0.25) is 0 Å². The number of benzene rings is 1. The minimum atomic E-state index is -0.449. The molecule has 0 aliphatic rings. The van der Waals surface area contributed by atoms with Crippen LogP contribution in [0.1, 0.15) is 45.6 Å². The highest BCUT2D eigenvalue weighted by molar-refractivity contribution is 5.73. The third kappa shape index (κ3) is 5.68. The van der Waals surface area contributed by atoms with Crippen molar-refractivity contribution in [1.82, 2.24) is 9.97 Å². The number of nitro groups is 1. The molecule has 2 N–H and O–H groups in total. The van der Waals surface area contributed by atoms with E-state index in [0.29, 0.717) is 12.5 Å². The van der Waals surface area contributed by atoms with Crippen LogP contribution in [0, 0.1) is 16.0 Å². The minimum absolute atomic E-state index is 0.133. The van der Waals surface area contributed by atoms with E-state index in [0.717, 1.165) is 31.4 Å². The highest BCUT2D eigenvalue weighted by Gasteiger charge is 2.23. The summed E-state index contributed by atoms with van der Waals surface area (Å²) in [5, 5.41) is 17.6. The van der Waals surface area contributed by atoms with Crippen LogP contribution in [-0.4, -0.2) is 21.4 Å². The van der Waals surface area contributed by atoms with Gasteiger partial charge in [0.1, 0.15) is 6.33 Å². The van der Waals surface area contributed by atoms with Gasteiger partial charge in [0.15, 0.2) is 0 Å². The summed E-state index contributed by atoms with van der Waals surface area (Å²) in [5.74, 6) is 0.943. The molecule has 0 unspecified atom stereocenters. The summed E-state index contributed by atoms with van der Waals surface area (Å²) in [6, 6.07) is 7.91. The number of rotatable bonds is 10. The van der Waals surface area contributed by atoms with Crippen molar-refractivity contribution in [3.8, 4) is 0 Å². The maximum absolute atomic E-state index is 11.5. The molecule has 1 heterocycles. The second-order valence-electron chi connectivity index (χ2n) is 6.71. The molecule has 26 heavy (non-hydrogen) atoms. The molecular formula is C19H27N5O2. The third-order valence-electron chi connectivity index (χ3n) is 4.05. The third-order valence-corrected chi connectivity index (χ3v) is 4.05. The number of nitrogens with zero attached hydrogens (tertiary/aromatic N) is 3. The number of nitrogens with one attached hydrogen (secondary N) is 2. The van der Waals surface area contributed by atoms with Crippen LogP contribution in [0.15, 0.2) is 30.6 Å². The molecule has 0 saturated carbocycles. The van der Waals surface area contributed by atoms with Gasteiger partial charge in [0.2, 0.25) is 11.6 Å². The fraction of sp³-hybridized carbons (Fsp3) is 0.474. The molecule has 7 nitrogen and oxygen atoms in total. The Morgan fingerprint density at radius 1 is 1.15 bits per heavy atom. The zero-order valence-electron chi connectivity index (χ0n) is 15.7. The van der Waals surface area contributed by atoms with Gasteiger partial charge in [-0.05, 0) is 42.9 Å². The van der Waals surface area contributed by atoms with Crippen LogP contribution in [0.3, 0.4) is 0 Å². The van der Waals surface area contributed by atoms with Crippen LogP contribution in [0.5, 0.6) is 0 Å². The van der Waals surface area contributed by atoms with Crippen LogP contribution >= 0.6 is 0 Å². The first-order valence-corrected chi connectivity index (χ1v) is 9.10. The van der Waals surface area contributed by atoms with Crippen molar-refractivity contribution < 1.29 is 4.92 Å². The summed E-state index contributed by atoms with van der Waals surface area (Å²) in [4.78, 5) is 19.2. The molecule has 1 aromatic heterocycles. The topological polar surface area (TPSA) is 93.0 Å². The van der Waals surface area contributed by atoms with Crippen LogP contribution in [0.25, 0.3) is 0 Å². The Morgan fingerprint density at radius 3 is 2.46 bits per heavy atom. The Labute approximate surface area is 154 Å². The number of hydrogen-bond acceptors (Lipinski definition) is 6. The molecule has 1 aromatic carbocycles.